The quantitative estimate of drug-likeness (QED) is 0.907. The summed E-state index contributed by atoms with van der Waals surface area (Å²) < 4.78 is 0. The van der Waals surface area contributed by atoms with Crippen LogP contribution in [0.5, 0.6) is 0 Å². The van der Waals surface area contributed by atoms with Crippen molar-refractivity contribution >= 4 is 11.3 Å². The summed E-state index contributed by atoms with van der Waals surface area (Å²) >= 11 is 1.91. The molecule has 1 aromatic heterocycles. The largest absolute Gasteiger partial charge is 0.319 e. The van der Waals surface area contributed by atoms with Crippen LogP contribution in [-0.2, 0) is 19.5 Å². The first-order valence-corrected chi connectivity index (χ1v) is 8.65. The highest BCUT2D eigenvalue weighted by molar-refractivity contribution is 7.10. The molecule has 2 heterocycles. The van der Waals surface area contributed by atoms with Gasteiger partial charge in [0, 0.05) is 31.1 Å². The van der Waals surface area contributed by atoms with Crippen molar-refractivity contribution in [1.29, 1.82) is 0 Å². The Bertz CT molecular complexity index is 573. The van der Waals surface area contributed by atoms with Crippen molar-refractivity contribution in [1.82, 2.24) is 10.2 Å². The van der Waals surface area contributed by atoms with Gasteiger partial charge in [-0.3, -0.25) is 4.90 Å². The fourth-order valence-electron chi connectivity index (χ4n) is 3.08. The summed E-state index contributed by atoms with van der Waals surface area (Å²) in [6, 6.07) is 11.5. The Labute approximate surface area is 131 Å². The molecule has 0 amide bonds. The van der Waals surface area contributed by atoms with Gasteiger partial charge in [0.2, 0.25) is 0 Å². The van der Waals surface area contributed by atoms with E-state index < -0.39 is 0 Å². The molecule has 1 aliphatic rings. The molecule has 1 atom stereocenters. The van der Waals surface area contributed by atoms with Gasteiger partial charge in [0.1, 0.15) is 0 Å². The van der Waals surface area contributed by atoms with Gasteiger partial charge in [-0.2, -0.15) is 0 Å². The highest BCUT2D eigenvalue weighted by atomic mass is 32.1. The lowest BCUT2D eigenvalue weighted by molar-refractivity contribution is 0.247. The summed E-state index contributed by atoms with van der Waals surface area (Å²) in [5, 5.41) is 5.47. The summed E-state index contributed by atoms with van der Waals surface area (Å²) in [5.41, 5.74) is 4.38. The summed E-state index contributed by atoms with van der Waals surface area (Å²) in [6.07, 6.45) is 1.21. The average Bonchev–Trinajstić information content (AvgIpc) is 2.96. The van der Waals surface area contributed by atoms with Crippen LogP contribution in [0.25, 0.3) is 0 Å². The predicted molar refractivity (Wildman–Crippen MR) is 90.9 cm³/mol. The first kappa shape index (κ1) is 14.8. The van der Waals surface area contributed by atoms with Crippen LogP contribution < -0.4 is 5.32 Å². The lowest BCUT2D eigenvalue weighted by atomic mass is 9.99. The number of nitrogens with one attached hydrogen (secondary N) is 1. The molecule has 0 bridgehead atoms. The first-order valence-electron chi connectivity index (χ1n) is 7.77. The normalized spacial score (nSPS) is 16.7. The highest BCUT2D eigenvalue weighted by Crippen LogP contribution is 2.25. The molecule has 1 N–H and O–H groups in total. The van der Waals surface area contributed by atoms with E-state index in [9.17, 15) is 0 Å². The van der Waals surface area contributed by atoms with Crippen LogP contribution in [-0.4, -0.2) is 25.0 Å². The van der Waals surface area contributed by atoms with E-state index in [1.807, 2.05) is 18.4 Å². The van der Waals surface area contributed by atoms with Gasteiger partial charge < -0.3 is 5.32 Å². The van der Waals surface area contributed by atoms with Crippen LogP contribution >= 0.6 is 11.3 Å². The van der Waals surface area contributed by atoms with Crippen molar-refractivity contribution in [3.63, 3.8) is 0 Å². The molecule has 1 unspecified atom stereocenters. The van der Waals surface area contributed by atoms with Crippen molar-refractivity contribution in [3.05, 3.63) is 57.3 Å². The number of fused-ring (bicyclic) bond motifs is 1. The molecule has 0 aliphatic carbocycles. The van der Waals surface area contributed by atoms with Crippen LogP contribution in [0.1, 0.15) is 34.4 Å². The Morgan fingerprint density at radius 1 is 1.24 bits per heavy atom. The Morgan fingerprint density at radius 2 is 2.05 bits per heavy atom. The molecule has 2 nitrogen and oxygen atoms in total. The minimum atomic E-state index is 0.576. The number of nitrogens with zero attached hydrogens (tertiary/aromatic N) is 1. The van der Waals surface area contributed by atoms with Crippen molar-refractivity contribution < 1.29 is 0 Å². The maximum Gasteiger partial charge on any atom is 0.0248 e. The molecule has 3 rings (SSSR count). The van der Waals surface area contributed by atoms with Crippen molar-refractivity contribution in [2.45, 2.75) is 32.4 Å². The second-order valence-corrected chi connectivity index (χ2v) is 7.03. The molecule has 1 aromatic carbocycles. The molecule has 112 valence electrons. The predicted octanol–water partition coefficient (Wildman–Crippen LogP) is 3.63. The third kappa shape index (κ3) is 3.54. The second kappa shape index (κ2) is 6.73. The van der Waals surface area contributed by atoms with Gasteiger partial charge in [-0.05, 0) is 47.5 Å². The standard InChI is InChI=1S/C18H24N2S/c1-14(11-19-2)16-5-3-15(4-6-16)12-20-9-7-18-17(13-20)8-10-21-18/h3-6,8,10,14,19H,7,9,11-13H2,1-2H3. The van der Waals surface area contributed by atoms with Gasteiger partial charge in [-0.25, -0.2) is 0 Å². The van der Waals surface area contributed by atoms with E-state index in [0.717, 1.165) is 19.6 Å². The topological polar surface area (TPSA) is 15.3 Å². The monoisotopic (exact) mass is 300 g/mol. The summed E-state index contributed by atoms with van der Waals surface area (Å²) in [6.45, 7) is 6.67. The SMILES string of the molecule is CNCC(C)c1ccc(CN2CCc3sccc3C2)cc1. The van der Waals surface area contributed by atoms with Crippen molar-refractivity contribution in [2.75, 3.05) is 20.1 Å². The molecule has 21 heavy (non-hydrogen) atoms. The van der Waals surface area contributed by atoms with Gasteiger partial charge in [0.15, 0.2) is 0 Å². The third-order valence-electron chi connectivity index (χ3n) is 4.35. The summed E-state index contributed by atoms with van der Waals surface area (Å²) in [5.74, 6) is 0.576. The van der Waals surface area contributed by atoms with E-state index in [1.165, 1.54) is 29.7 Å². The fourth-order valence-corrected chi connectivity index (χ4v) is 3.97. The van der Waals surface area contributed by atoms with Crippen molar-refractivity contribution in [2.24, 2.45) is 0 Å². The van der Waals surface area contributed by atoms with Gasteiger partial charge in [0.05, 0.1) is 0 Å². The Kier molecular flexibility index (Phi) is 4.73. The second-order valence-electron chi connectivity index (χ2n) is 6.03. The summed E-state index contributed by atoms with van der Waals surface area (Å²) in [7, 11) is 2.01. The smallest absolute Gasteiger partial charge is 0.0248 e. The minimum Gasteiger partial charge on any atom is -0.319 e. The minimum absolute atomic E-state index is 0.576. The molecular formula is C18H24N2S. The average molecular weight is 300 g/mol. The van der Waals surface area contributed by atoms with E-state index in [-0.39, 0.29) is 0 Å². The van der Waals surface area contributed by atoms with Gasteiger partial charge in [0.25, 0.3) is 0 Å². The molecule has 3 heteroatoms. The maximum atomic E-state index is 3.25. The van der Waals surface area contributed by atoms with Crippen LogP contribution in [0.3, 0.4) is 0 Å². The molecule has 0 saturated carbocycles. The van der Waals surface area contributed by atoms with Gasteiger partial charge >= 0.3 is 0 Å². The fraction of sp³-hybridized carbons (Fsp3) is 0.444. The number of rotatable bonds is 5. The lowest BCUT2D eigenvalue weighted by Gasteiger charge is -2.27. The zero-order valence-corrected chi connectivity index (χ0v) is 13.7. The Hall–Kier alpha value is -1.16. The van der Waals surface area contributed by atoms with Crippen LogP contribution in [0, 0.1) is 0 Å². The molecule has 0 spiro atoms. The third-order valence-corrected chi connectivity index (χ3v) is 5.37. The molecular weight excluding hydrogens is 276 g/mol. The highest BCUT2D eigenvalue weighted by Gasteiger charge is 2.17. The van der Waals surface area contributed by atoms with Crippen LogP contribution in [0.15, 0.2) is 35.7 Å². The maximum absolute atomic E-state index is 3.25. The van der Waals surface area contributed by atoms with E-state index in [4.69, 9.17) is 0 Å². The molecule has 2 aromatic rings. The molecule has 1 aliphatic heterocycles. The van der Waals surface area contributed by atoms with Crippen molar-refractivity contribution in [3.8, 4) is 0 Å². The van der Waals surface area contributed by atoms with E-state index in [2.05, 4.69) is 52.9 Å². The zero-order chi connectivity index (χ0) is 14.7. The zero-order valence-electron chi connectivity index (χ0n) is 12.9. The first-order chi connectivity index (χ1) is 10.3. The lowest BCUT2D eigenvalue weighted by Crippen LogP contribution is -2.29. The Balaban J connectivity index is 1.61. The van der Waals surface area contributed by atoms with Gasteiger partial charge in [-0.1, -0.05) is 31.2 Å². The number of hydrogen-bond acceptors (Lipinski definition) is 3. The van der Waals surface area contributed by atoms with E-state index >= 15 is 0 Å². The Morgan fingerprint density at radius 3 is 2.81 bits per heavy atom. The number of likely N-dealkylation sites (N-methyl/N-ethyl adjacent to an activating group) is 1. The van der Waals surface area contributed by atoms with E-state index in [1.54, 1.807) is 4.88 Å². The number of thiophene rings is 1. The van der Waals surface area contributed by atoms with E-state index in [0.29, 0.717) is 5.92 Å². The van der Waals surface area contributed by atoms with Gasteiger partial charge in [-0.15, -0.1) is 11.3 Å². The van der Waals surface area contributed by atoms with Crippen LogP contribution in [0.4, 0.5) is 0 Å². The molecule has 0 fully saturated rings. The molecule has 0 radical (unpaired) electrons. The van der Waals surface area contributed by atoms with Crippen LogP contribution in [0.2, 0.25) is 0 Å². The number of hydrogen-bond donors (Lipinski definition) is 1. The summed E-state index contributed by atoms with van der Waals surface area (Å²) in [4.78, 5) is 4.14. The molecule has 0 saturated heterocycles. The number of benzene rings is 1.